The Morgan fingerprint density at radius 1 is 1.29 bits per heavy atom. The number of benzene rings is 1. The highest BCUT2D eigenvalue weighted by Gasteiger charge is 2.27. The summed E-state index contributed by atoms with van der Waals surface area (Å²) in [5, 5.41) is 0.358. The van der Waals surface area contributed by atoms with Crippen LogP contribution in [0.5, 0.6) is 5.88 Å². The predicted molar refractivity (Wildman–Crippen MR) is 109 cm³/mol. The van der Waals surface area contributed by atoms with Gasteiger partial charge in [0.15, 0.2) is 0 Å². The van der Waals surface area contributed by atoms with E-state index in [1.54, 1.807) is 6.07 Å². The number of aromatic amines is 1. The lowest BCUT2D eigenvalue weighted by Crippen LogP contribution is -2.38. The second-order valence-corrected chi connectivity index (χ2v) is 7.79. The Kier molecular flexibility index (Phi) is 5.22. The maximum absolute atomic E-state index is 12.8. The van der Waals surface area contributed by atoms with Crippen LogP contribution in [0.4, 0.5) is 0 Å². The van der Waals surface area contributed by atoms with Gasteiger partial charge in [0.25, 0.3) is 5.91 Å². The molecule has 0 saturated carbocycles. The Hall–Kier alpha value is -2.60. The third-order valence-corrected chi connectivity index (χ3v) is 5.25. The summed E-state index contributed by atoms with van der Waals surface area (Å²) in [6.07, 6.45) is 3.27. The van der Waals surface area contributed by atoms with Gasteiger partial charge in [-0.2, -0.15) is 0 Å². The van der Waals surface area contributed by atoms with Crippen molar-refractivity contribution in [3.05, 3.63) is 52.9 Å². The van der Waals surface area contributed by atoms with Gasteiger partial charge in [0.05, 0.1) is 22.7 Å². The van der Waals surface area contributed by atoms with Crippen LogP contribution in [-0.4, -0.2) is 45.0 Å². The number of imidazole rings is 1. The van der Waals surface area contributed by atoms with Gasteiger partial charge in [-0.05, 0) is 44.9 Å². The number of ether oxygens (including phenoxy) is 1. The van der Waals surface area contributed by atoms with Gasteiger partial charge in [-0.3, -0.25) is 4.79 Å². The molecule has 1 N–H and O–H groups in total. The normalized spacial score (nSPS) is 15.4. The maximum Gasteiger partial charge on any atom is 0.255 e. The highest BCUT2D eigenvalue weighted by atomic mass is 35.5. The summed E-state index contributed by atoms with van der Waals surface area (Å²) >= 11 is 6.23. The molecule has 1 saturated heterocycles. The monoisotopic (exact) mass is 398 g/mol. The molecule has 1 aliphatic rings. The number of carbonyl (C=O) groups is 1. The van der Waals surface area contributed by atoms with Crippen molar-refractivity contribution in [1.29, 1.82) is 0 Å². The first-order valence-corrected chi connectivity index (χ1v) is 9.95. The number of nitrogens with one attached hydrogen (secondary N) is 1. The van der Waals surface area contributed by atoms with Crippen molar-refractivity contribution in [3.8, 4) is 5.88 Å². The van der Waals surface area contributed by atoms with Gasteiger partial charge < -0.3 is 14.6 Å². The molecule has 0 spiro atoms. The standard InChI is InChI=1S/C21H23ClN4O2/c1-13(2)28-20-16(22)11-15(12-23-20)21(27)26-9-7-14(8-10-26)19-24-17-5-3-4-6-18(17)25-19/h3-6,11-14H,7-10H2,1-2H3,(H,24,25). The molecule has 0 aliphatic carbocycles. The van der Waals surface area contributed by atoms with Gasteiger partial charge in [0, 0.05) is 25.2 Å². The molecule has 1 aromatic carbocycles. The second kappa shape index (κ2) is 7.80. The number of amides is 1. The first-order chi connectivity index (χ1) is 13.5. The molecular weight excluding hydrogens is 376 g/mol. The van der Waals surface area contributed by atoms with Crippen LogP contribution < -0.4 is 4.74 Å². The number of hydrogen-bond donors (Lipinski definition) is 1. The molecule has 4 rings (SSSR count). The largest absolute Gasteiger partial charge is 0.474 e. The van der Waals surface area contributed by atoms with Crippen LogP contribution in [0.25, 0.3) is 11.0 Å². The lowest BCUT2D eigenvalue weighted by atomic mass is 9.96. The highest BCUT2D eigenvalue weighted by Crippen LogP contribution is 2.29. The molecule has 0 radical (unpaired) electrons. The Morgan fingerprint density at radius 2 is 2.04 bits per heavy atom. The van der Waals surface area contributed by atoms with Gasteiger partial charge in [0.1, 0.15) is 10.8 Å². The summed E-state index contributed by atoms with van der Waals surface area (Å²) in [6.45, 7) is 5.18. The number of pyridine rings is 1. The van der Waals surface area contributed by atoms with Gasteiger partial charge in [-0.15, -0.1) is 0 Å². The first kappa shape index (κ1) is 18.7. The van der Waals surface area contributed by atoms with Crippen molar-refractivity contribution in [2.75, 3.05) is 13.1 Å². The number of likely N-dealkylation sites (tertiary alicyclic amines) is 1. The summed E-state index contributed by atoms with van der Waals surface area (Å²) in [7, 11) is 0. The fourth-order valence-electron chi connectivity index (χ4n) is 3.56. The molecule has 3 aromatic rings. The molecule has 0 unspecified atom stereocenters. The van der Waals surface area contributed by atoms with Crippen LogP contribution in [0, 0.1) is 0 Å². The Morgan fingerprint density at radius 3 is 2.71 bits per heavy atom. The summed E-state index contributed by atoms with van der Waals surface area (Å²) < 4.78 is 5.53. The van der Waals surface area contributed by atoms with Crippen molar-refractivity contribution in [3.63, 3.8) is 0 Å². The molecule has 2 aromatic heterocycles. The van der Waals surface area contributed by atoms with Crippen molar-refractivity contribution in [1.82, 2.24) is 19.9 Å². The molecule has 28 heavy (non-hydrogen) atoms. The van der Waals surface area contributed by atoms with Crippen LogP contribution in [0.2, 0.25) is 5.02 Å². The van der Waals surface area contributed by atoms with E-state index in [2.05, 4.69) is 9.97 Å². The van der Waals surface area contributed by atoms with Crippen molar-refractivity contribution < 1.29 is 9.53 Å². The molecule has 1 aliphatic heterocycles. The van der Waals surface area contributed by atoms with Crippen LogP contribution >= 0.6 is 11.6 Å². The van der Waals surface area contributed by atoms with Gasteiger partial charge in [-0.1, -0.05) is 23.7 Å². The Bertz CT molecular complexity index is 960. The van der Waals surface area contributed by atoms with Crippen LogP contribution in [0.15, 0.2) is 36.5 Å². The van der Waals surface area contributed by atoms with Gasteiger partial charge in [0.2, 0.25) is 5.88 Å². The van der Waals surface area contributed by atoms with Crippen LogP contribution in [0.3, 0.4) is 0 Å². The number of para-hydroxylation sites is 2. The maximum atomic E-state index is 12.8. The number of halogens is 1. The van der Waals surface area contributed by atoms with Crippen LogP contribution in [-0.2, 0) is 0 Å². The fourth-order valence-corrected chi connectivity index (χ4v) is 3.77. The number of carbonyl (C=O) groups excluding carboxylic acids is 1. The van der Waals surface area contributed by atoms with Crippen molar-refractivity contribution in [2.24, 2.45) is 0 Å². The third-order valence-electron chi connectivity index (χ3n) is 4.98. The zero-order valence-corrected chi connectivity index (χ0v) is 16.7. The number of piperidine rings is 1. The summed E-state index contributed by atoms with van der Waals surface area (Å²) in [6, 6.07) is 9.68. The molecule has 1 fully saturated rings. The minimum Gasteiger partial charge on any atom is -0.474 e. The topological polar surface area (TPSA) is 71.1 Å². The lowest BCUT2D eigenvalue weighted by Gasteiger charge is -2.31. The van der Waals surface area contributed by atoms with E-state index in [-0.39, 0.29) is 12.0 Å². The minimum absolute atomic E-state index is 0.0242. The van der Waals surface area contributed by atoms with Crippen molar-refractivity contribution in [2.45, 2.75) is 38.7 Å². The average molecular weight is 399 g/mol. The van der Waals surface area contributed by atoms with Gasteiger partial charge in [-0.25, -0.2) is 9.97 Å². The first-order valence-electron chi connectivity index (χ1n) is 9.57. The van der Waals surface area contributed by atoms with E-state index in [9.17, 15) is 4.79 Å². The Balaban J connectivity index is 1.41. The molecule has 0 atom stereocenters. The quantitative estimate of drug-likeness (QED) is 0.706. The molecule has 1 amide bonds. The van der Waals surface area contributed by atoms with E-state index >= 15 is 0 Å². The van der Waals surface area contributed by atoms with Crippen molar-refractivity contribution >= 4 is 28.5 Å². The van der Waals surface area contributed by atoms with E-state index in [1.165, 1.54) is 6.20 Å². The molecule has 6 nitrogen and oxygen atoms in total. The predicted octanol–water partition coefficient (Wildman–Crippen LogP) is 4.42. The summed E-state index contributed by atoms with van der Waals surface area (Å²) in [5.74, 6) is 1.65. The van der Waals surface area contributed by atoms with E-state index in [0.29, 0.717) is 35.5 Å². The SMILES string of the molecule is CC(C)Oc1ncc(C(=O)N2CCC(c3nc4ccccc4[nH]3)CC2)cc1Cl. The van der Waals surface area contributed by atoms with E-state index in [4.69, 9.17) is 21.3 Å². The van der Waals surface area contributed by atoms with Crippen LogP contribution in [0.1, 0.15) is 48.8 Å². The number of hydrogen-bond acceptors (Lipinski definition) is 4. The minimum atomic E-state index is -0.0476. The second-order valence-electron chi connectivity index (χ2n) is 7.38. The van der Waals surface area contributed by atoms with E-state index in [1.807, 2.05) is 43.0 Å². The zero-order valence-electron chi connectivity index (χ0n) is 16.0. The summed E-state index contributed by atoms with van der Waals surface area (Å²) in [4.78, 5) is 27.0. The molecular formula is C21H23ClN4O2. The zero-order chi connectivity index (χ0) is 19.7. The molecule has 146 valence electrons. The van der Waals surface area contributed by atoms with E-state index in [0.717, 1.165) is 29.7 Å². The number of fused-ring (bicyclic) bond motifs is 1. The number of aromatic nitrogens is 3. The highest BCUT2D eigenvalue weighted by molar-refractivity contribution is 6.32. The Labute approximate surface area is 168 Å². The molecule has 7 heteroatoms. The lowest BCUT2D eigenvalue weighted by molar-refractivity contribution is 0.0710. The van der Waals surface area contributed by atoms with Gasteiger partial charge >= 0.3 is 0 Å². The number of H-pyrrole nitrogens is 1. The number of rotatable bonds is 4. The molecule has 3 heterocycles. The molecule has 0 bridgehead atoms. The number of nitrogens with zero attached hydrogens (tertiary/aromatic N) is 3. The van der Waals surface area contributed by atoms with E-state index < -0.39 is 0 Å². The summed E-state index contributed by atoms with van der Waals surface area (Å²) in [5.41, 5.74) is 2.53. The smallest absolute Gasteiger partial charge is 0.255 e. The third kappa shape index (κ3) is 3.83. The fraction of sp³-hybridized carbons (Fsp3) is 0.381. The average Bonchev–Trinajstić information content (AvgIpc) is 3.13.